The molecule has 9 heteroatoms. The number of likely N-dealkylation sites (tertiary alicyclic amines) is 1. The number of aromatic nitrogens is 2. The number of nitrogens with one attached hydrogen (secondary N) is 1. The van der Waals surface area contributed by atoms with Crippen LogP contribution >= 0.6 is 0 Å². The predicted molar refractivity (Wildman–Crippen MR) is 128 cm³/mol. The van der Waals surface area contributed by atoms with Crippen LogP contribution in [0.1, 0.15) is 16.8 Å². The first-order valence-corrected chi connectivity index (χ1v) is 11.1. The summed E-state index contributed by atoms with van der Waals surface area (Å²) in [5.74, 6) is 1.10. The first-order chi connectivity index (χ1) is 16.4. The van der Waals surface area contributed by atoms with Gasteiger partial charge in [0.15, 0.2) is 0 Å². The second kappa shape index (κ2) is 8.35. The van der Waals surface area contributed by atoms with Gasteiger partial charge in [0, 0.05) is 31.0 Å². The van der Waals surface area contributed by atoms with Gasteiger partial charge in [-0.05, 0) is 42.5 Å². The number of carbonyl (C=O) groups is 2. The molecule has 0 saturated carbocycles. The first-order valence-electron chi connectivity index (χ1n) is 11.1. The third-order valence-corrected chi connectivity index (χ3v) is 6.50. The van der Waals surface area contributed by atoms with Crippen molar-refractivity contribution in [3.63, 3.8) is 0 Å². The number of para-hydroxylation sites is 1. The Balaban J connectivity index is 1.45. The summed E-state index contributed by atoms with van der Waals surface area (Å²) in [5, 5.41) is 8.03. The van der Waals surface area contributed by atoms with Crippen molar-refractivity contribution in [2.24, 2.45) is 17.4 Å². The summed E-state index contributed by atoms with van der Waals surface area (Å²) in [6.07, 6.45) is 1.84. The van der Waals surface area contributed by atoms with Gasteiger partial charge in [0.25, 0.3) is 5.91 Å². The van der Waals surface area contributed by atoms with Gasteiger partial charge in [-0.25, -0.2) is 4.68 Å². The number of hydrogen-bond acceptors (Lipinski definition) is 6. The number of fused-ring (bicyclic) bond motifs is 2. The smallest absolute Gasteiger partial charge is 0.254 e. The highest BCUT2D eigenvalue weighted by Crippen LogP contribution is 2.39. The maximum absolute atomic E-state index is 12.5. The van der Waals surface area contributed by atoms with Crippen LogP contribution in [0.4, 0.5) is 5.82 Å². The third kappa shape index (κ3) is 3.80. The second-order valence-corrected chi connectivity index (χ2v) is 8.66. The number of nitrogens with zero attached hydrogens (tertiary/aromatic N) is 3. The maximum atomic E-state index is 12.5. The molecule has 1 fully saturated rings. The number of ether oxygens (including phenoxy) is 1. The van der Waals surface area contributed by atoms with E-state index >= 15 is 0 Å². The van der Waals surface area contributed by atoms with Crippen molar-refractivity contribution in [3.05, 3.63) is 72.8 Å². The van der Waals surface area contributed by atoms with E-state index in [4.69, 9.17) is 21.3 Å². The van der Waals surface area contributed by atoms with E-state index in [2.05, 4.69) is 11.9 Å². The molecule has 0 spiro atoms. The minimum atomic E-state index is -0.775. The highest BCUT2D eigenvalue weighted by molar-refractivity contribution is 6.04. The van der Waals surface area contributed by atoms with Crippen LogP contribution in [0.25, 0.3) is 11.3 Å². The molecule has 3 aromatic rings. The SMILES string of the molecule is C=CC(=O)N1CC[C@@]2(N)Nc3c(C(N)=O)c(-c4ccc(Oc5ccccc5)cc4)nn3C[C@H]2C1. The molecular weight excluding hydrogens is 432 g/mol. The zero-order chi connectivity index (χ0) is 23.9. The van der Waals surface area contributed by atoms with Crippen molar-refractivity contribution in [1.82, 2.24) is 14.7 Å². The van der Waals surface area contributed by atoms with Crippen molar-refractivity contribution in [3.8, 4) is 22.8 Å². The van der Waals surface area contributed by atoms with Crippen LogP contribution in [-0.2, 0) is 11.3 Å². The van der Waals surface area contributed by atoms with Crippen molar-refractivity contribution >= 4 is 17.6 Å². The molecule has 0 aliphatic carbocycles. The molecule has 2 atom stereocenters. The number of anilines is 1. The number of rotatable bonds is 5. The van der Waals surface area contributed by atoms with Gasteiger partial charge >= 0.3 is 0 Å². The second-order valence-electron chi connectivity index (χ2n) is 8.66. The zero-order valence-corrected chi connectivity index (χ0v) is 18.6. The number of amides is 2. The Morgan fingerprint density at radius 3 is 2.50 bits per heavy atom. The van der Waals surface area contributed by atoms with Gasteiger partial charge in [0.2, 0.25) is 5.91 Å². The first kappa shape index (κ1) is 21.7. The molecule has 3 heterocycles. The van der Waals surface area contributed by atoms with Gasteiger partial charge in [-0.15, -0.1) is 0 Å². The van der Waals surface area contributed by atoms with Crippen LogP contribution in [0.3, 0.4) is 0 Å². The summed E-state index contributed by atoms with van der Waals surface area (Å²) >= 11 is 0. The lowest BCUT2D eigenvalue weighted by molar-refractivity contribution is -0.128. The Morgan fingerprint density at radius 1 is 1.12 bits per heavy atom. The van der Waals surface area contributed by atoms with Crippen molar-refractivity contribution in [2.45, 2.75) is 18.6 Å². The molecule has 9 nitrogen and oxygen atoms in total. The van der Waals surface area contributed by atoms with Gasteiger partial charge in [-0.3, -0.25) is 9.59 Å². The number of carbonyl (C=O) groups excluding carboxylic acids is 2. The topological polar surface area (TPSA) is 128 Å². The third-order valence-electron chi connectivity index (χ3n) is 6.50. The lowest BCUT2D eigenvalue weighted by atomic mass is 9.84. The standard InChI is InChI=1S/C25H26N6O3/c1-2-20(32)30-13-12-25(27)17(14-30)15-31-24(28-25)21(23(26)33)22(29-31)16-8-10-19(11-9-16)34-18-6-4-3-5-7-18/h2-11,17,28H,1,12-15,27H2,(H2,26,33)/t17-,25-/m1/s1. The summed E-state index contributed by atoms with van der Waals surface area (Å²) < 4.78 is 7.58. The average molecular weight is 459 g/mol. The monoisotopic (exact) mass is 458 g/mol. The number of nitrogens with two attached hydrogens (primary N) is 2. The molecule has 2 amide bonds. The summed E-state index contributed by atoms with van der Waals surface area (Å²) in [5.41, 5.74) is 13.2. The van der Waals surface area contributed by atoms with Crippen LogP contribution in [0.5, 0.6) is 11.5 Å². The molecule has 0 bridgehead atoms. The van der Waals surface area contributed by atoms with E-state index in [1.54, 1.807) is 9.58 Å². The van der Waals surface area contributed by atoms with Gasteiger partial charge < -0.3 is 26.4 Å². The Morgan fingerprint density at radius 2 is 1.82 bits per heavy atom. The Kier molecular flexibility index (Phi) is 5.33. The van der Waals surface area contributed by atoms with Crippen LogP contribution in [0.2, 0.25) is 0 Å². The average Bonchev–Trinajstić information content (AvgIpc) is 3.20. The molecule has 0 radical (unpaired) electrons. The van der Waals surface area contributed by atoms with Gasteiger partial charge in [-0.1, -0.05) is 24.8 Å². The minimum Gasteiger partial charge on any atom is -0.457 e. The molecule has 5 rings (SSSR count). The Hall–Kier alpha value is -4.11. The summed E-state index contributed by atoms with van der Waals surface area (Å²) in [7, 11) is 0. The van der Waals surface area contributed by atoms with Crippen molar-refractivity contribution < 1.29 is 14.3 Å². The maximum Gasteiger partial charge on any atom is 0.254 e. The van der Waals surface area contributed by atoms with Gasteiger partial charge in [-0.2, -0.15) is 5.10 Å². The van der Waals surface area contributed by atoms with Gasteiger partial charge in [0.1, 0.15) is 28.6 Å². The summed E-state index contributed by atoms with van der Waals surface area (Å²) in [4.78, 5) is 26.3. The van der Waals surface area contributed by atoms with E-state index in [1.807, 2.05) is 54.6 Å². The largest absolute Gasteiger partial charge is 0.457 e. The molecule has 2 aliphatic heterocycles. The number of benzene rings is 2. The van der Waals surface area contributed by atoms with E-state index in [0.29, 0.717) is 48.9 Å². The fourth-order valence-electron chi connectivity index (χ4n) is 4.65. The van der Waals surface area contributed by atoms with E-state index in [-0.39, 0.29) is 11.8 Å². The lowest BCUT2D eigenvalue weighted by Crippen LogP contribution is -2.65. The van der Waals surface area contributed by atoms with E-state index in [1.165, 1.54) is 6.08 Å². The van der Waals surface area contributed by atoms with Crippen molar-refractivity contribution in [2.75, 3.05) is 18.4 Å². The number of primary amides is 1. The van der Waals surface area contributed by atoms with Crippen molar-refractivity contribution in [1.29, 1.82) is 0 Å². The van der Waals surface area contributed by atoms with E-state index in [0.717, 1.165) is 11.3 Å². The highest BCUT2D eigenvalue weighted by atomic mass is 16.5. The highest BCUT2D eigenvalue weighted by Gasteiger charge is 2.46. The molecule has 5 N–H and O–H groups in total. The van der Waals surface area contributed by atoms with Crippen LogP contribution in [-0.4, -0.2) is 45.2 Å². The lowest BCUT2D eigenvalue weighted by Gasteiger charge is -2.48. The van der Waals surface area contributed by atoms with Gasteiger partial charge in [0.05, 0.1) is 12.2 Å². The number of hydrogen-bond donors (Lipinski definition) is 3. The quantitative estimate of drug-likeness (QED) is 0.504. The minimum absolute atomic E-state index is 0.0900. The summed E-state index contributed by atoms with van der Waals surface area (Å²) in [6, 6.07) is 16.8. The molecular formula is C25H26N6O3. The Bertz CT molecular complexity index is 1250. The normalized spacial score (nSPS) is 21.1. The molecule has 1 saturated heterocycles. The van der Waals surface area contributed by atoms with Crippen LogP contribution < -0.4 is 21.5 Å². The molecule has 2 aromatic carbocycles. The molecule has 2 aliphatic rings. The molecule has 174 valence electrons. The fourth-order valence-corrected chi connectivity index (χ4v) is 4.65. The van der Waals surface area contributed by atoms with Crippen LogP contribution in [0, 0.1) is 5.92 Å². The van der Waals surface area contributed by atoms with E-state index < -0.39 is 11.6 Å². The molecule has 0 unspecified atom stereocenters. The molecule has 34 heavy (non-hydrogen) atoms. The predicted octanol–water partition coefficient (Wildman–Crippen LogP) is 2.56. The Labute approximate surface area is 197 Å². The van der Waals surface area contributed by atoms with E-state index in [9.17, 15) is 9.59 Å². The fraction of sp³-hybridized carbons (Fsp3) is 0.240. The van der Waals surface area contributed by atoms with Crippen LogP contribution in [0.15, 0.2) is 67.3 Å². The summed E-state index contributed by atoms with van der Waals surface area (Å²) in [6.45, 7) is 5.00. The molecule has 1 aromatic heterocycles. The zero-order valence-electron chi connectivity index (χ0n) is 18.6. The number of piperidine rings is 1.